The van der Waals surface area contributed by atoms with Crippen molar-refractivity contribution >= 4 is 6.16 Å². The molecule has 3 aliphatic rings. The number of benzene rings is 1. The second kappa shape index (κ2) is 5.83. The van der Waals surface area contributed by atoms with Crippen molar-refractivity contribution in [2.24, 2.45) is 5.92 Å². The van der Waals surface area contributed by atoms with Gasteiger partial charge in [0.15, 0.2) is 0 Å². The normalized spacial score (nSPS) is 28.1. The van der Waals surface area contributed by atoms with Crippen LogP contribution in [0.1, 0.15) is 24.0 Å². The van der Waals surface area contributed by atoms with E-state index in [2.05, 4.69) is 4.90 Å². The number of carbonyl (C=O) groups excluding carboxylic acids is 1. The number of rotatable bonds is 3. The van der Waals surface area contributed by atoms with E-state index in [0.29, 0.717) is 5.92 Å². The van der Waals surface area contributed by atoms with Crippen molar-refractivity contribution in [1.29, 1.82) is 0 Å². The van der Waals surface area contributed by atoms with Gasteiger partial charge in [-0.3, -0.25) is 4.90 Å². The topological polar surface area (TPSA) is 38.8 Å². The van der Waals surface area contributed by atoms with Gasteiger partial charge in [-0.25, -0.2) is 4.79 Å². The molecule has 1 aromatic rings. The number of fused-ring (bicyclic) bond motifs is 3. The molecule has 0 amide bonds. The third-order valence-electron chi connectivity index (χ3n) is 4.32. The highest BCUT2D eigenvalue weighted by Crippen LogP contribution is 2.29. The average molecular weight is 275 g/mol. The van der Waals surface area contributed by atoms with E-state index in [4.69, 9.17) is 9.47 Å². The van der Waals surface area contributed by atoms with Gasteiger partial charge in [0.1, 0.15) is 12.7 Å². The van der Waals surface area contributed by atoms with Gasteiger partial charge >= 0.3 is 6.16 Å². The lowest BCUT2D eigenvalue weighted by Gasteiger charge is -2.43. The first-order valence-electron chi connectivity index (χ1n) is 7.32. The molecular weight excluding hydrogens is 254 g/mol. The molecule has 4 nitrogen and oxygen atoms in total. The van der Waals surface area contributed by atoms with E-state index >= 15 is 0 Å². The van der Waals surface area contributed by atoms with Crippen molar-refractivity contribution in [3.63, 3.8) is 0 Å². The van der Waals surface area contributed by atoms with Crippen molar-refractivity contribution in [2.75, 3.05) is 19.6 Å². The summed E-state index contributed by atoms with van der Waals surface area (Å²) in [6.07, 6.45) is 1.75. The number of hydrogen-bond donors (Lipinski definition) is 0. The molecule has 20 heavy (non-hydrogen) atoms. The van der Waals surface area contributed by atoms with Crippen LogP contribution in [0.4, 0.5) is 4.79 Å². The van der Waals surface area contributed by atoms with Gasteiger partial charge in [-0.05, 0) is 44.3 Å². The highest BCUT2D eigenvalue weighted by Gasteiger charge is 2.36. The van der Waals surface area contributed by atoms with Crippen LogP contribution in [0, 0.1) is 12.8 Å². The molecule has 0 aromatic heterocycles. The summed E-state index contributed by atoms with van der Waals surface area (Å²) in [7, 11) is 0. The van der Waals surface area contributed by atoms with Crippen LogP contribution < -0.4 is 0 Å². The lowest BCUT2D eigenvalue weighted by atomic mass is 9.86. The van der Waals surface area contributed by atoms with Crippen LogP contribution in [0.5, 0.6) is 0 Å². The monoisotopic (exact) mass is 275 g/mol. The van der Waals surface area contributed by atoms with Gasteiger partial charge in [-0.2, -0.15) is 0 Å². The maximum absolute atomic E-state index is 11.8. The Morgan fingerprint density at radius 1 is 1.25 bits per heavy atom. The summed E-state index contributed by atoms with van der Waals surface area (Å²) in [6.45, 7) is 5.46. The molecule has 108 valence electrons. The zero-order chi connectivity index (χ0) is 13.9. The first-order chi connectivity index (χ1) is 9.70. The Morgan fingerprint density at radius 2 is 1.95 bits per heavy atom. The highest BCUT2D eigenvalue weighted by molar-refractivity contribution is 5.60. The third-order valence-corrected chi connectivity index (χ3v) is 4.32. The van der Waals surface area contributed by atoms with Crippen molar-refractivity contribution in [1.82, 2.24) is 4.90 Å². The second-order valence-corrected chi connectivity index (χ2v) is 5.82. The molecule has 4 heteroatoms. The molecule has 0 saturated carbocycles. The Bertz CT molecular complexity index is 463. The summed E-state index contributed by atoms with van der Waals surface area (Å²) in [6, 6.07) is 7.96. The van der Waals surface area contributed by atoms with E-state index in [-0.39, 0.29) is 12.7 Å². The van der Waals surface area contributed by atoms with Gasteiger partial charge in [-0.1, -0.05) is 29.8 Å². The molecule has 1 atom stereocenters. The predicted octanol–water partition coefficient (Wildman–Crippen LogP) is 2.74. The minimum absolute atomic E-state index is 0.0167. The number of ether oxygens (including phenoxy) is 2. The first-order valence-corrected chi connectivity index (χ1v) is 7.32. The average Bonchev–Trinajstić information content (AvgIpc) is 2.48. The van der Waals surface area contributed by atoms with E-state index in [1.807, 2.05) is 31.2 Å². The molecule has 0 aliphatic carbocycles. The molecule has 0 N–H and O–H groups in total. The minimum Gasteiger partial charge on any atom is -0.429 e. The molecule has 3 fully saturated rings. The Morgan fingerprint density at radius 3 is 2.55 bits per heavy atom. The van der Waals surface area contributed by atoms with E-state index in [9.17, 15) is 4.79 Å². The van der Waals surface area contributed by atoms with Crippen LogP contribution in [0.25, 0.3) is 0 Å². The molecule has 1 unspecified atom stereocenters. The Labute approximate surface area is 119 Å². The molecular formula is C16H21NO3. The third kappa shape index (κ3) is 3.12. The Hall–Kier alpha value is -1.55. The van der Waals surface area contributed by atoms with Gasteiger partial charge < -0.3 is 9.47 Å². The summed E-state index contributed by atoms with van der Waals surface area (Å²) in [4.78, 5) is 14.1. The van der Waals surface area contributed by atoms with Gasteiger partial charge in [0.05, 0.1) is 0 Å². The molecule has 1 aromatic carbocycles. The summed E-state index contributed by atoms with van der Waals surface area (Å²) < 4.78 is 10.7. The van der Waals surface area contributed by atoms with Crippen LogP contribution in [-0.4, -0.2) is 36.8 Å². The molecule has 4 rings (SSSR count). The van der Waals surface area contributed by atoms with Crippen molar-refractivity contribution in [2.45, 2.75) is 32.5 Å². The summed E-state index contributed by atoms with van der Waals surface area (Å²) in [5.41, 5.74) is 2.19. The SMILES string of the molecule is Cc1ccc(COC(=O)OC2CN3CCC2CC3)cc1. The summed E-state index contributed by atoms with van der Waals surface area (Å²) in [5, 5.41) is 0. The Kier molecular flexibility index (Phi) is 3.92. The standard InChI is InChI=1S/C16H21NO3/c1-12-2-4-13(5-3-12)11-19-16(18)20-15-10-17-8-6-14(15)7-9-17/h2-5,14-15H,6-11H2,1H3. The smallest absolute Gasteiger partial charge is 0.429 e. The van der Waals surface area contributed by atoms with Gasteiger partial charge in [0.2, 0.25) is 0 Å². The largest absolute Gasteiger partial charge is 0.508 e. The quantitative estimate of drug-likeness (QED) is 0.795. The summed E-state index contributed by atoms with van der Waals surface area (Å²) >= 11 is 0. The number of piperidine rings is 3. The van der Waals surface area contributed by atoms with E-state index < -0.39 is 6.16 Å². The van der Waals surface area contributed by atoms with Gasteiger partial charge in [-0.15, -0.1) is 0 Å². The van der Waals surface area contributed by atoms with Crippen LogP contribution in [-0.2, 0) is 16.1 Å². The van der Waals surface area contributed by atoms with Gasteiger partial charge in [0, 0.05) is 6.54 Å². The van der Waals surface area contributed by atoms with Crippen LogP contribution >= 0.6 is 0 Å². The lowest BCUT2D eigenvalue weighted by molar-refractivity contribution is -0.0599. The molecule has 2 bridgehead atoms. The number of aryl methyl sites for hydroxylation is 1. The predicted molar refractivity (Wildman–Crippen MR) is 75.4 cm³/mol. The maximum atomic E-state index is 11.8. The van der Waals surface area contributed by atoms with E-state index in [1.54, 1.807) is 0 Å². The zero-order valence-corrected chi connectivity index (χ0v) is 11.9. The fourth-order valence-corrected chi connectivity index (χ4v) is 3.03. The fraction of sp³-hybridized carbons (Fsp3) is 0.562. The number of hydrogen-bond acceptors (Lipinski definition) is 4. The number of nitrogens with zero attached hydrogens (tertiary/aromatic N) is 1. The number of carbonyl (C=O) groups is 1. The van der Waals surface area contributed by atoms with Gasteiger partial charge in [0.25, 0.3) is 0 Å². The maximum Gasteiger partial charge on any atom is 0.508 e. The molecule has 3 saturated heterocycles. The lowest BCUT2D eigenvalue weighted by Crippen LogP contribution is -2.51. The molecule has 3 aliphatic heterocycles. The Balaban J connectivity index is 1.46. The van der Waals surface area contributed by atoms with Crippen LogP contribution in [0.2, 0.25) is 0 Å². The van der Waals surface area contributed by atoms with Crippen LogP contribution in [0.15, 0.2) is 24.3 Å². The second-order valence-electron chi connectivity index (χ2n) is 5.82. The van der Waals surface area contributed by atoms with Crippen molar-refractivity contribution < 1.29 is 14.3 Å². The molecule has 3 heterocycles. The molecule has 0 radical (unpaired) electrons. The van der Waals surface area contributed by atoms with Crippen LogP contribution in [0.3, 0.4) is 0 Å². The van der Waals surface area contributed by atoms with E-state index in [0.717, 1.165) is 38.0 Å². The fourth-order valence-electron chi connectivity index (χ4n) is 3.03. The zero-order valence-electron chi connectivity index (χ0n) is 11.9. The summed E-state index contributed by atoms with van der Waals surface area (Å²) in [5.74, 6) is 0.520. The van der Waals surface area contributed by atoms with Crippen molar-refractivity contribution in [3.8, 4) is 0 Å². The molecule has 0 spiro atoms. The first kappa shape index (κ1) is 13.4. The van der Waals surface area contributed by atoms with Crippen molar-refractivity contribution in [3.05, 3.63) is 35.4 Å². The van der Waals surface area contributed by atoms with E-state index in [1.165, 1.54) is 5.56 Å². The highest BCUT2D eigenvalue weighted by atomic mass is 16.7. The minimum atomic E-state index is -0.538.